The first-order valence-corrected chi connectivity index (χ1v) is 33.7. The molecule has 498 valence electrons. The van der Waals surface area contributed by atoms with E-state index in [9.17, 15) is 45.6 Å². The fourth-order valence-electron chi connectivity index (χ4n) is 11.3. The maximum Gasteiger partial charge on any atom is 0.373 e. The number of nitrogens with two attached hydrogens (primary N) is 1. The maximum atomic E-state index is 14.3. The lowest BCUT2D eigenvalue weighted by Crippen LogP contribution is -2.55. The Bertz CT molecular complexity index is 3590. The molecule has 2 aliphatic heterocycles. The van der Waals surface area contributed by atoms with Crippen LogP contribution in [0.25, 0.3) is 21.8 Å². The molecule has 4 aliphatic carbocycles. The van der Waals surface area contributed by atoms with E-state index in [4.69, 9.17) is 34.4 Å². The number of pyridine rings is 2. The minimum absolute atomic E-state index is 0. The van der Waals surface area contributed by atoms with Gasteiger partial charge in [0.25, 0.3) is 0 Å². The van der Waals surface area contributed by atoms with E-state index in [0.29, 0.717) is 85.3 Å². The van der Waals surface area contributed by atoms with Crippen LogP contribution >= 0.6 is 24.8 Å². The van der Waals surface area contributed by atoms with Crippen molar-refractivity contribution < 1.29 is 74.3 Å². The lowest BCUT2D eigenvalue weighted by molar-refractivity contribution is -0.159. The van der Waals surface area contributed by atoms with Crippen LogP contribution in [0.2, 0.25) is 6.32 Å². The molecule has 4 saturated carbocycles. The molecule has 10 rings (SSSR count). The highest BCUT2D eigenvalue weighted by Crippen LogP contribution is 2.48. The molecule has 2 aromatic heterocycles. The fraction of sp³-hybridized carbons (Fsp3) is 0.556. The second-order valence-electron chi connectivity index (χ2n) is 25.3. The third kappa shape index (κ3) is 18.0. The van der Waals surface area contributed by atoms with Gasteiger partial charge in [0.2, 0.25) is 17.7 Å². The molecule has 2 saturated heterocycles. The fourth-order valence-corrected chi connectivity index (χ4v) is 14.7. The van der Waals surface area contributed by atoms with Gasteiger partial charge >= 0.3 is 13.0 Å². The maximum absolute atomic E-state index is 14.3. The second-order valence-corrected chi connectivity index (χ2v) is 29.9. The Hall–Kier alpha value is -6.42. The van der Waals surface area contributed by atoms with Crippen molar-refractivity contribution in [2.24, 2.45) is 29.3 Å². The van der Waals surface area contributed by atoms with Crippen LogP contribution < -0.4 is 40.5 Å². The van der Waals surface area contributed by atoms with E-state index in [1.165, 1.54) is 4.90 Å². The van der Waals surface area contributed by atoms with Crippen molar-refractivity contribution >= 4 is 109 Å². The SMILES string of the molecule is C=C[C@@H]1C[C@]1(NC(=O)[C@@H]1C[C@@H](Oc2ccnc3cc(OC)ccc23)CN1)C(=O)CS(=O)(=O)C1CC1.C=C[C@@H]1C[C@]1(NC(=O)[C@@H]1C[C@@H](Oc2ccnc3cc(OC)ccc23)CN1C(=O)[C@@H](CC(=O)OC(C)(C)C)C(C)C)C(=O)CS(=O)(=O)C1CC1.CCB(N)O.Cl.Cl. The third-order valence-electron chi connectivity index (χ3n) is 17.0. The van der Waals surface area contributed by atoms with Crippen molar-refractivity contribution in [1.82, 2.24) is 30.8 Å². The lowest BCUT2D eigenvalue weighted by Gasteiger charge is -2.31. The first-order valence-electron chi connectivity index (χ1n) is 30.3. The van der Waals surface area contributed by atoms with Gasteiger partial charge in [0.15, 0.2) is 31.2 Å². The van der Waals surface area contributed by atoms with Crippen molar-refractivity contribution in [2.45, 2.75) is 157 Å². The zero-order valence-corrected chi connectivity index (χ0v) is 56.0. The number of nitrogens with zero attached hydrogens (tertiary/aromatic N) is 3. The standard InChI is InChI=1S/C36H47N3O9S.C25H29N3O6S.C2H8BNO.2ClH/c1-8-22-18-36(22,31(40)20-49(44,45)25-10-11-25)38-33(42)29-16-24(47-30-13-14-37-28-15-23(46-7)9-12-26(28)30)19-39(29)34(43)27(21(2)3)17-32(41)48-35(4,5)6;1-3-15-12-25(15,23(29)14-35(31,32)18-5-6-18)28-24(30)21-11-17(13-27-21)34-22-8-9-26-20-10-16(33-2)4-7-19(20)22;1-2-3(4)5;;/h8-9,12-15,21-22,24-25,27,29H,1,10-11,16-20H2,2-7H3,(H,38,42);3-4,7-10,15,17-18,21,27H,1,5-6,11-14H2,2H3,(H,28,30);5H,2,4H2,1H3;2*1H/t22-,24-,27+,29+,36-;15-,17-,21+,25-;;;/m11.../s1. The van der Waals surface area contributed by atoms with E-state index < -0.39 is 125 Å². The van der Waals surface area contributed by atoms with E-state index in [1.54, 1.807) is 83.8 Å². The lowest BCUT2D eigenvalue weighted by atomic mass is 9.83. The van der Waals surface area contributed by atoms with Crippen LogP contribution in [0.4, 0.5) is 0 Å². The van der Waals surface area contributed by atoms with Gasteiger partial charge in [0.1, 0.15) is 69.4 Å². The average molecular weight is 1340 g/mol. The van der Waals surface area contributed by atoms with E-state index in [-0.39, 0.29) is 74.5 Å². The molecule has 6 fully saturated rings. The van der Waals surface area contributed by atoms with E-state index >= 15 is 0 Å². The molecular formula is C63H86BCl2N7O16S2. The molecule has 0 radical (unpaired) electrons. The van der Waals surface area contributed by atoms with Crippen LogP contribution in [-0.2, 0) is 53.2 Å². The van der Waals surface area contributed by atoms with Crippen molar-refractivity contribution in [3.63, 3.8) is 0 Å². The summed E-state index contributed by atoms with van der Waals surface area (Å²) in [5.41, 5.74) is 2.89. The van der Waals surface area contributed by atoms with Crippen molar-refractivity contribution in [2.75, 3.05) is 38.8 Å². The summed E-state index contributed by atoms with van der Waals surface area (Å²) in [6, 6.07) is 12.8. The normalized spacial score (nSPS) is 24.2. The number of rotatable bonds is 25. The minimum atomic E-state index is -3.63. The van der Waals surface area contributed by atoms with Gasteiger partial charge in [0, 0.05) is 66.5 Å². The van der Waals surface area contributed by atoms with Crippen LogP contribution in [0.15, 0.2) is 86.2 Å². The van der Waals surface area contributed by atoms with Gasteiger partial charge in [-0.25, -0.2) is 16.8 Å². The zero-order chi connectivity index (χ0) is 65.0. The Morgan fingerprint density at radius 3 is 1.64 bits per heavy atom. The minimum Gasteiger partial charge on any atom is -0.497 e. The summed E-state index contributed by atoms with van der Waals surface area (Å²) in [6.45, 7) is 18.8. The molecular weight excluding hydrogens is 1260 g/mol. The van der Waals surface area contributed by atoms with Crippen LogP contribution in [0.3, 0.4) is 0 Å². The molecule has 28 heteroatoms. The van der Waals surface area contributed by atoms with Crippen LogP contribution in [-0.4, -0.2) is 169 Å². The second kappa shape index (κ2) is 30.1. The average Bonchev–Trinajstić information content (AvgIpc) is 1.59. The van der Waals surface area contributed by atoms with Gasteiger partial charge in [0.05, 0.1) is 60.7 Å². The number of carbonyl (C=O) groups excluding carboxylic acids is 6. The number of amides is 3. The third-order valence-corrected chi connectivity index (χ3v) is 21.3. The number of ether oxygens (including phenoxy) is 5. The highest BCUT2D eigenvalue weighted by molar-refractivity contribution is 7.93. The Kier molecular flexibility index (Phi) is 24.4. The van der Waals surface area contributed by atoms with Gasteiger partial charge in [-0.3, -0.25) is 38.7 Å². The summed E-state index contributed by atoms with van der Waals surface area (Å²) in [4.78, 5) is 91.1. The van der Waals surface area contributed by atoms with E-state index in [2.05, 4.69) is 39.1 Å². The topological polar surface area (TPSA) is 328 Å². The number of esters is 1. The van der Waals surface area contributed by atoms with E-state index in [0.717, 1.165) is 10.9 Å². The number of hydrogen-bond donors (Lipinski definition) is 5. The first-order chi connectivity index (χ1) is 42.0. The summed E-state index contributed by atoms with van der Waals surface area (Å²) in [7, 11) is -4.55. The monoisotopic (exact) mass is 1340 g/mol. The zero-order valence-electron chi connectivity index (χ0n) is 52.7. The Morgan fingerprint density at radius 2 is 1.23 bits per heavy atom. The summed E-state index contributed by atoms with van der Waals surface area (Å²) in [5, 5.41) is 17.6. The predicted octanol–water partition coefficient (Wildman–Crippen LogP) is 5.65. The largest absolute Gasteiger partial charge is 0.497 e. The van der Waals surface area contributed by atoms with Gasteiger partial charge in [-0.05, 0) is 108 Å². The number of ketones is 2. The molecule has 2 aromatic carbocycles. The van der Waals surface area contributed by atoms with Crippen molar-refractivity contribution in [1.29, 1.82) is 0 Å². The molecule has 6 N–H and O–H groups in total. The molecule has 0 unspecified atom stereocenters. The summed E-state index contributed by atoms with van der Waals surface area (Å²) in [6.07, 6.45) is 9.37. The number of likely N-dealkylation sites (tertiary alicyclic amines) is 1. The Labute approximate surface area is 545 Å². The quantitative estimate of drug-likeness (QED) is 0.0304. The van der Waals surface area contributed by atoms with Crippen LogP contribution in [0.5, 0.6) is 23.0 Å². The number of fused-ring (bicyclic) bond motifs is 2. The number of nitrogens with one attached hydrogen (secondary N) is 3. The Balaban J connectivity index is 0.000000275. The molecule has 0 bridgehead atoms. The Morgan fingerprint density at radius 1 is 0.769 bits per heavy atom. The van der Waals surface area contributed by atoms with Gasteiger partial charge in [-0.15, -0.1) is 38.0 Å². The predicted molar refractivity (Wildman–Crippen MR) is 350 cm³/mol. The number of hydrogen-bond acceptors (Lipinski definition) is 20. The molecule has 4 heterocycles. The molecule has 0 spiro atoms. The molecule has 91 heavy (non-hydrogen) atoms. The molecule has 6 aliphatic rings. The van der Waals surface area contributed by atoms with Gasteiger partial charge in [-0.2, -0.15) is 0 Å². The van der Waals surface area contributed by atoms with Crippen LogP contribution in [0.1, 0.15) is 99.3 Å². The summed E-state index contributed by atoms with van der Waals surface area (Å²) < 4.78 is 78.9. The number of carbonyl (C=O) groups is 6. The smallest absolute Gasteiger partial charge is 0.373 e. The molecule has 4 aromatic rings. The van der Waals surface area contributed by atoms with Gasteiger partial charge in [-0.1, -0.05) is 32.9 Å². The molecule has 9 atom stereocenters. The highest BCUT2D eigenvalue weighted by Gasteiger charge is 2.62. The summed E-state index contributed by atoms with van der Waals surface area (Å²) in [5.74, 6) is -3.35. The number of benzene rings is 2. The first kappa shape index (κ1) is 73.6. The number of sulfone groups is 2. The molecule has 3 amide bonds. The van der Waals surface area contributed by atoms with Gasteiger partial charge < -0.3 is 55.2 Å². The molecule has 23 nitrogen and oxygen atoms in total. The summed E-state index contributed by atoms with van der Waals surface area (Å²) >= 11 is 0. The van der Waals surface area contributed by atoms with Crippen molar-refractivity contribution in [3.8, 4) is 23.0 Å². The van der Waals surface area contributed by atoms with E-state index in [1.807, 2.05) is 45.0 Å². The number of methoxy groups -OCH3 is 2. The highest BCUT2D eigenvalue weighted by atomic mass is 35.5. The number of Topliss-reactive ketones (excluding diaryl/α,β-unsaturated/α-hetero) is 2. The van der Waals surface area contributed by atoms with Crippen LogP contribution in [0, 0.1) is 23.7 Å². The number of halogens is 2. The van der Waals surface area contributed by atoms with Crippen molar-refractivity contribution in [3.05, 3.63) is 86.2 Å². The number of aromatic nitrogens is 2.